The minimum absolute atomic E-state index is 0.0281. The Kier molecular flexibility index (Phi) is 5.09. The average molecular weight is 239 g/mol. The lowest BCUT2D eigenvalue weighted by atomic mass is 9.87. The lowest BCUT2D eigenvalue weighted by Crippen LogP contribution is -2.46. The molecular weight excluding hydrogens is 217 g/mol. The molecule has 2 nitrogen and oxygen atoms in total. The fourth-order valence-corrected chi connectivity index (χ4v) is 1.88. The molecule has 0 aliphatic rings. The highest BCUT2D eigenvalue weighted by Crippen LogP contribution is 2.25. The molecule has 0 amide bonds. The lowest BCUT2D eigenvalue weighted by molar-refractivity contribution is 0.151. The summed E-state index contributed by atoms with van der Waals surface area (Å²) >= 11 is 0. The van der Waals surface area contributed by atoms with E-state index >= 15 is 0 Å². The molecule has 0 bridgehead atoms. The third kappa shape index (κ3) is 3.51. The second-order valence-electron chi connectivity index (χ2n) is 4.88. The van der Waals surface area contributed by atoms with Crippen LogP contribution < -0.4 is 5.32 Å². The largest absolute Gasteiger partial charge is 0.394 e. The predicted molar refractivity (Wildman–Crippen MR) is 68.3 cm³/mol. The average Bonchev–Trinajstić information content (AvgIpc) is 2.31. The van der Waals surface area contributed by atoms with Crippen LogP contribution in [0.15, 0.2) is 24.3 Å². The van der Waals surface area contributed by atoms with Gasteiger partial charge in [-0.15, -0.1) is 0 Å². The molecule has 0 aliphatic heterocycles. The molecule has 0 radical (unpaired) electrons. The van der Waals surface area contributed by atoms with Gasteiger partial charge in [0.15, 0.2) is 0 Å². The van der Waals surface area contributed by atoms with E-state index in [9.17, 15) is 9.50 Å². The molecule has 0 fully saturated rings. The van der Waals surface area contributed by atoms with Gasteiger partial charge in [0.25, 0.3) is 0 Å². The number of aliphatic hydroxyl groups is 1. The Bertz CT molecular complexity index is 348. The van der Waals surface area contributed by atoms with Crippen LogP contribution in [0.2, 0.25) is 0 Å². The molecule has 2 N–H and O–H groups in total. The Morgan fingerprint density at radius 1 is 1.41 bits per heavy atom. The van der Waals surface area contributed by atoms with Gasteiger partial charge in [-0.05, 0) is 36.6 Å². The highest BCUT2D eigenvalue weighted by molar-refractivity contribution is 5.25. The first kappa shape index (κ1) is 14.1. The molecule has 3 heteroatoms. The monoisotopic (exact) mass is 239 g/mol. The van der Waals surface area contributed by atoms with E-state index in [4.69, 9.17) is 0 Å². The number of halogens is 1. The van der Waals surface area contributed by atoms with Crippen LogP contribution in [0.5, 0.6) is 0 Å². The SMILES string of the molecule is CCC(CO)(NCC(C)C)c1cccc(F)c1. The minimum atomic E-state index is -0.535. The van der Waals surface area contributed by atoms with Crippen molar-refractivity contribution in [3.8, 4) is 0 Å². The Labute approximate surface area is 103 Å². The van der Waals surface area contributed by atoms with E-state index in [1.807, 2.05) is 13.0 Å². The Morgan fingerprint density at radius 2 is 2.12 bits per heavy atom. The molecule has 1 aromatic rings. The van der Waals surface area contributed by atoms with Crippen LogP contribution in [0.25, 0.3) is 0 Å². The van der Waals surface area contributed by atoms with Crippen molar-refractivity contribution in [1.82, 2.24) is 5.32 Å². The van der Waals surface area contributed by atoms with Gasteiger partial charge < -0.3 is 10.4 Å². The number of aliphatic hydroxyl groups excluding tert-OH is 1. The smallest absolute Gasteiger partial charge is 0.123 e. The van der Waals surface area contributed by atoms with Crippen LogP contribution in [0, 0.1) is 11.7 Å². The van der Waals surface area contributed by atoms with Crippen molar-refractivity contribution in [2.75, 3.05) is 13.2 Å². The molecule has 17 heavy (non-hydrogen) atoms. The van der Waals surface area contributed by atoms with E-state index in [1.165, 1.54) is 12.1 Å². The van der Waals surface area contributed by atoms with Crippen molar-refractivity contribution >= 4 is 0 Å². The van der Waals surface area contributed by atoms with E-state index in [1.54, 1.807) is 6.07 Å². The van der Waals surface area contributed by atoms with Crippen molar-refractivity contribution in [2.45, 2.75) is 32.7 Å². The number of hydrogen-bond acceptors (Lipinski definition) is 2. The van der Waals surface area contributed by atoms with Gasteiger partial charge in [-0.1, -0.05) is 32.9 Å². The van der Waals surface area contributed by atoms with E-state index in [-0.39, 0.29) is 12.4 Å². The van der Waals surface area contributed by atoms with Crippen LogP contribution in [0.3, 0.4) is 0 Å². The molecule has 1 rings (SSSR count). The van der Waals surface area contributed by atoms with Crippen LogP contribution in [-0.4, -0.2) is 18.3 Å². The number of hydrogen-bond donors (Lipinski definition) is 2. The third-order valence-electron chi connectivity index (χ3n) is 3.10. The Balaban J connectivity index is 2.97. The molecule has 0 saturated heterocycles. The zero-order valence-corrected chi connectivity index (χ0v) is 10.8. The minimum Gasteiger partial charge on any atom is -0.394 e. The van der Waals surface area contributed by atoms with Gasteiger partial charge in [-0.2, -0.15) is 0 Å². The topological polar surface area (TPSA) is 32.3 Å². The maximum absolute atomic E-state index is 13.3. The van der Waals surface area contributed by atoms with E-state index < -0.39 is 5.54 Å². The van der Waals surface area contributed by atoms with Crippen LogP contribution in [-0.2, 0) is 5.54 Å². The summed E-state index contributed by atoms with van der Waals surface area (Å²) in [5, 5.41) is 13.0. The van der Waals surface area contributed by atoms with Crippen LogP contribution >= 0.6 is 0 Å². The summed E-state index contributed by atoms with van der Waals surface area (Å²) in [4.78, 5) is 0. The van der Waals surface area contributed by atoms with Gasteiger partial charge in [0.1, 0.15) is 5.82 Å². The van der Waals surface area contributed by atoms with Gasteiger partial charge >= 0.3 is 0 Å². The summed E-state index contributed by atoms with van der Waals surface area (Å²) in [7, 11) is 0. The van der Waals surface area contributed by atoms with Gasteiger partial charge in [-0.3, -0.25) is 0 Å². The summed E-state index contributed by atoms with van der Waals surface area (Å²) in [6.07, 6.45) is 0.722. The second-order valence-corrected chi connectivity index (χ2v) is 4.88. The first-order chi connectivity index (χ1) is 8.04. The summed E-state index contributed by atoms with van der Waals surface area (Å²) in [6.45, 7) is 6.98. The zero-order valence-electron chi connectivity index (χ0n) is 10.8. The second kappa shape index (κ2) is 6.12. The fraction of sp³-hybridized carbons (Fsp3) is 0.571. The summed E-state index contributed by atoms with van der Waals surface area (Å²) < 4.78 is 13.3. The normalized spacial score (nSPS) is 14.9. The maximum atomic E-state index is 13.3. The first-order valence-electron chi connectivity index (χ1n) is 6.16. The predicted octanol–water partition coefficient (Wildman–Crippen LogP) is 2.67. The van der Waals surface area contributed by atoms with Crippen LogP contribution in [0.1, 0.15) is 32.8 Å². The van der Waals surface area contributed by atoms with Gasteiger partial charge in [0.05, 0.1) is 12.1 Å². The lowest BCUT2D eigenvalue weighted by Gasteiger charge is -2.33. The zero-order chi connectivity index (χ0) is 12.9. The van der Waals surface area contributed by atoms with Crippen molar-refractivity contribution in [3.63, 3.8) is 0 Å². The molecule has 0 aromatic heterocycles. The molecule has 1 unspecified atom stereocenters. The maximum Gasteiger partial charge on any atom is 0.123 e. The fourth-order valence-electron chi connectivity index (χ4n) is 1.88. The molecule has 0 heterocycles. The number of benzene rings is 1. The van der Waals surface area contributed by atoms with Gasteiger partial charge in [0.2, 0.25) is 0 Å². The summed E-state index contributed by atoms with van der Waals surface area (Å²) in [6, 6.07) is 6.45. The van der Waals surface area contributed by atoms with Crippen molar-refractivity contribution in [2.24, 2.45) is 5.92 Å². The Morgan fingerprint density at radius 3 is 2.59 bits per heavy atom. The molecule has 1 aromatic carbocycles. The third-order valence-corrected chi connectivity index (χ3v) is 3.10. The highest BCUT2D eigenvalue weighted by Gasteiger charge is 2.29. The van der Waals surface area contributed by atoms with Crippen LogP contribution in [0.4, 0.5) is 4.39 Å². The molecular formula is C14H22FNO. The van der Waals surface area contributed by atoms with E-state index in [2.05, 4.69) is 19.2 Å². The van der Waals surface area contributed by atoms with E-state index in [0.29, 0.717) is 5.92 Å². The van der Waals surface area contributed by atoms with Crippen molar-refractivity contribution in [3.05, 3.63) is 35.6 Å². The first-order valence-corrected chi connectivity index (χ1v) is 6.16. The standard InChI is InChI=1S/C14H22FNO/c1-4-14(10-17,16-9-11(2)3)12-6-5-7-13(15)8-12/h5-8,11,16-17H,4,9-10H2,1-3H3. The molecule has 0 saturated carbocycles. The Hall–Kier alpha value is -0.930. The highest BCUT2D eigenvalue weighted by atomic mass is 19.1. The number of nitrogens with one attached hydrogen (secondary N) is 1. The van der Waals surface area contributed by atoms with Gasteiger partial charge in [-0.25, -0.2) is 4.39 Å². The summed E-state index contributed by atoms with van der Waals surface area (Å²) in [5.41, 5.74) is 0.273. The van der Waals surface area contributed by atoms with Gasteiger partial charge in [0, 0.05) is 0 Å². The van der Waals surface area contributed by atoms with Crippen molar-refractivity contribution < 1.29 is 9.50 Å². The van der Waals surface area contributed by atoms with E-state index in [0.717, 1.165) is 18.5 Å². The molecule has 0 aliphatic carbocycles. The molecule has 0 spiro atoms. The number of rotatable bonds is 6. The summed E-state index contributed by atoms with van der Waals surface area (Å²) in [5.74, 6) is 0.223. The quantitative estimate of drug-likeness (QED) is 0.800. The molecule has 1 atom stereocenters. The molecule has 96 valence electrons. The van der Waals surface area contributed by atoms with Crippen molar-refractivity contribution in [1.29, 1.82) is 0 Å².